The molecule has 3 heterocycles. The van der Waals surface area contributed by atoms with Gasteiger partial charge in [0.25, 0.3) is 0 Å². The summed E-state index contributed by atoms with van der Waals surface area (Å²) < 4.78 is 30.1. The molecule has 1 aliphatic rings. The van der Waals surface area contributed by atoms with E-state index in [0.717, 1.165) is 5.56 Å². The first-order valence-electron chi connectivity index (χ1n) is 8.13. The van der Waals surface area contributed by atoms with E-state index in [-0.39, 0.29) is 18.4 Å². The van der Waals surface area contributed by atoms with Crippen LogP contribution in [0, 0.1) is 13.8 Å². The molecule has 0 saturated carbocycles. The van der Waals surface area contributed by atoms with Gasteiger partial charge >= 0.3 is 0 Å². The number of rotatable bonds is 4. The lowest BCUT2D eigenvalue weighted by molar-refractivity contribution is 0.271. The summed E-state index contributed by atoms with van der Waals surface area (Å²) in [5.74, 6) is 0. The van der Waals surface area contributed by atoms with E-state index in [9.17, 15) is 8.42 Å². The number of aryl methyl sites for hydroxylation is 2. The van der Waals surface area contributed by atoms with Crippen LogP contribution >= 0.6 is 12.4 Å². The van der Waals surface area contributed by atoms with E-state index in [2.05, 4.69) is 15.4 Å². The molecular weight excluding hydrogens is 362 g/mol. The maximum absolute atomic E-state index is 13.4. The molecule has 7 nitrogen and oxygen atoms in total. The van der Waals surface area contributed by atoms with Crippen LogP contribution in [0.2, 0.25) is 0 Å². The zero-order chi connectivity index (χ0) is 17.3. The van der Waals surface area contributed by atoms with Gasteiger partial charge in [-0.05, 0) is 32.4 Å². The molecule has 1 saturated heterocycles. The zero-order valence-corrected chi connectivity index (χ0v) is 16.3. The standard InChI is InChI=1S/C16H23N5O2S.ClH/c1-4-20-13(3)16(12(2)19-20)24(22,23)21-9-8-18-11-15(21)14-6-5-7-17-10-14;/h5-7,10,15,18H,4,8-9,11H2,1-3H3;1H. The second-order valence-electron chi connectivity index (χ2n) is 5.94. The van der Waals surface area contributed by atoms with Crippen LogP contribution in [-0.2, 0) is 16.6 Å². The zero-order valence-electron chi connectivity index (χ0n) is 14.6. The molecule has 9 heteroatoms. The topological polar surface area (TPSA) is 80.1 Å². The van der Waals surface area contributed by atoms with E-state index in [1.165, 1.54) is 0 Å². The second kappa shape index (κ2) is 7.82. The lowest BCUT2D eigenvalue weighted by Gasteiger charge is -2.35. The molecule has 0 radical (unpaired) electrons. The summed E-state index contributed by atoms with van der Waals surface area (Å²) in [7, 11) is -3.63. The number of nitrogens with zero attached hydrogens (tertiary/aromatic N) is 4. The molecule has 1 atom stereocenters. The van der Waals surface area contributed by atoms with Crippen LogP contribution in [0.3, 0.4) is 0 Å². The molecule has 1 fully saturated rings. The van der Waals surface area contributed by atoms with E-state index >= 15 is 0 Å². The average molecular weight is 386 g/mol. The molecule has 0 bridgehead atoms. The Hall–Kier alpha value is -1.48. The minimum atomic E-state index is -3.63. The smallest absolute Gasteiger partial charge is 0.247 e. The van der Waals surface area contributed by atoms with Gasteiger partial charge in [-0.15, -0.1) is 12.4 Å². The van der Waals surface area contributed by atoms with Gasteiger partial charge in [0.1, 0.15) is 4.90 Å². The average Bonchev–Trinajstić information content (AvgIpc) is 2.90. The lowest BCUT2D eigenvalue weighted by Crippen LogP contribution is -2.48. The normalized spacial score (nSPS) is 18.8. The molecule has 3 rings (SSSR count). The maximum atomic E-state index is 13.4. The number of hydrogen-bond acceptors (Lipinski definition) is 5. The fourth-order valence-corrected chi connectivity index (χ4v) is 5.30. The van der Waals surface area contributed by atoms with Crippen LogP contribution in [0.15, 0.2) is 29.4 Å². The molecule has 138 valence electrons. The summed E-state index contributed by atoms with van der Waals surface area (Å²) >= 11 is 0. The Morgan fingerprint density at radius 2 is 2.12 bits per heavy atom. The van der Waals surface area contributed by atoms with Crippen LogP contribution in [0.1, 0.15) is 29.9 Å². The third-order valence-electron chi connectivity index (χ3n) is 4.44. The SMILES string of the molecule is CCn1nc(C)c(S(=O)(=O)N2CCNCC2c2cccnc2)c1C.Cl. The van der Waals surface area contributed by atoms with Gasteiger partial charge in [0.2, 0.25) is 10.0 Å². The predicted octanol–water partition coefficient (Wildman–Crippen LogP) is 1.67. The van der Waals surface area contributed by atoms with Crippen LogP contribution in [0.5, 0.6) is 0 Å². The van der Waals surface area contributed by atoms with Crippen molar-refractivity contribution in [3.8, 4) is 0 Å². The first kappa shape index (κ1) is 19.8. The fraction of sp³-hybridized carbons (Fsp3) is 0.500. The minimum Gasteiger partial charge on any atom is -0.313 e. The summed E-state index contributed by atoms with van der Waals surface area (Å²) in [5.41, 5.74) is 2.14. The van der Waals surface area contributed by atoms with Gasteiger partial charge in [-0.25, -0.2) is 8.42 Å². The molecule has 2 aromatic rings. The van der Waals surface area contributed by atoms with E-state index < -0.39 is 10.0 Å². The number of pyridine rings is 1. The molecule has 0 spiro atoms. The van der Waals surface area contributed by atoms with Crippen molar-refractivity contribution in [2.24, 2.45) is 0 Å². The van der Waals surface area contributed by atoms with Crippen LogP contribution in [0.25, 0.3) is 0 Å². The Bertz CT molecular complexity index is 823. The van der Waals surface area contributed by atoms with Crippen molar-refractivity contribution in [2.45, 2.75) is 38.3 Å². The van der Waals surface area contributed by atoms with E-state index in [0.29, 0.717) is 42.5 Å². The Labute approximate surface area is 154 Å². The first-order chi connectivity index (χ1) is 11.5. The summed E-state index contributed by atoms with van der Waals surface area (Å²) in [6.07, 6.45) is 3.42. The quantitative estimate of drug-likeness (QED) is 0.865. The Balaban J connectivity index is 0.00000225. The van der Waals surface area contributed by atoms with Crippen molar-refractivity contribution in [1.29, 1.82) is 0 Å². The van der Waals surface area contributed by atoms with Crippen molar-refractivity contribution in [2.75, 3.05) is 19.6 Å². The highest BCUT2D eigenvalue weighted by atomic mass is 35.5. The molecule has 1 aliphatic heterocycles. The predicted molar refractivity (Wildman–Crippen MR) is 98.4 cm³/mol. The summed E-state index contributed by atoms with van der Waals surface area (Å²) in [4.78, 5) is 4.47. The Kier molecular flexibility index (Phi) is 6.21. The van der Waals surface area contributed by atoms with Crippen LogP contribution in [-0.4, -0.2) is 47.1 Å². The van der Waals surface area contributed by atoms with E-state index in [1.54, 1.807) is 28.3 Å². The van der Waals surface area contributed by atoms with Gasteiger partial charge in [-0.3, -0.25) is 9.67 Å². The van der Waals surface area contributed by atoms with Gasteiger partial charge in [0.15, 0.2) is 0 Å². The Morgan fingerprint density at radius 1 is 1.36 bits per heavy atom. The lowest BCUT2D eigenvalue weighted by atomic mass is 10.1. The number of halogens is 1. The van der Waals surface area contributed by atoms with Crippen LogP contribution < -0.4 is 5.32 Å². The maximum Gasteiger partial charge on any atom is 0.247 e. The number of nitrogens with one attached hydrogen (secondary N) is 1. The van der Waals surface area contributed by atoms with Crippen molar-refractivity contribution in [3.05, 3.63) is 41.5 Å². The first-order valence-corrected chi connectivity index (χ1v) is 9.57. The highest BCUT2D eigenvalue weighted by Gasteiger charge is 2.37. The fourth-order valence-electron chi connectivity index (χ4n) is 3.31. The minimum absolute atomic E-state index is 0. The molecule has 2 aromatic heterocycles. The van der Waals surface area contributed by atoms with Crippen molar-refractivity contribution in [3.63, 3.8) is 0 Å². The summed E-state index contributed by atoms with van der Waals surface area (Å²) in [6.45, 7) is 7.82. The molecule has 0 aromatic carbocycles. The molecule has 25 heavy (non-hydrogen) atoms. The molecule has 1 unspecified atom stereocenters. The highest BCUT2D eigenvalue weighted by Crippen LogP contribution is 2.31. The van der Waals surface area contributed by atoms with E-state index in [4.69, 9.17) is 0 Å². The number of hydrogen-bond donors (Lipinski definition) is 1. The molecular formula is C16H24ClN5O2S. The third-order valence-corrected chi connectivity index (χ3v) is 6.61. The van der Waals surface area contributed by atoms with Gasteiger partial charge in [0.05, 0.1) is 17.4 Å². The highest BCUT2D eigenvalue weighted by molar-refractivity contribution is 7.89. The molecule has 0 aliphatic carbocycles. The molecule has 0 amide bonds. The number of piperazine rings is 1. The van der Waals surface area contributed by atoms with Crippen molar-refractivity contribution >= 4 is 22.4 Å². The van der Waals surface area contributed by atoms with Gasteiger partial charge < -0.3 is 5.32 Å². The third kappa shape index (κ3) is 3.57. The van der Waals surface area contributed by atoms with Gasteiger partial charge in [-0.1, -0.05) is 6.07 Å². The largest absolute Gasteiger partial charge is 0.313 e. The number of sulfonamides is 1. The number of aromatic nitrogens is 3. The summed E-state index contributed by atoms with van der Waals surface area (Å²) in [5, 5.41) is 7.65. The summed E-state index contributed by atoms with van der Waals surface area (Å²) in [6, 6.07) is 3.49. The van der Waals surface area contributed by atoms with Crippen molar-refractivity contribution in [1.82, 2.24) is 24.4 Å². The second-order valence-corrected chi connectivity index (χ2v) is 7.77. The molecule has 1 N–H and O–H groups in total. The van der Waals surface area contributed by atoms with Crippen molar-refractivity contribution < 1.29 is 8.42 Å². The van der Waals surface area contributed by atoms with Gasteiger partial charge in [0, 0.05) is 38.6 Å². The van der Waals surface area contributed by atoms with Gasteiger partial charge in [-0.2, -0.15) is 9.40 Å². The Morgan fingerprint density at radius 3 is 2.72 bits per heavy atom. The van der Waals surface area contributed by atoms with E-state index in [1.807, 2.05) is 26.0 Å². The van der Waals surface area contributed by atoms with Crippen LogP contribution in [0.4, 0.5) is 0 Å². The monoisotopic (exact) mass is 385 g/mol.